The lowest BCUT2D eigenvalue weighted by atomic mass is 10.1. The summed E-state index contributed by atoms with van der Waals surface area (Å²) < 4.78 is 0. The zero-order valence-electron chi connectivity index (χ0n) is 12.2. The Labute approximate surface area is 133 Å². The number of amides is 1. The molecule has 0 saturated carbocycles. The van der Waals surface area contributed by atoms with Crippen molar-refractivity contribution in [3.8, 4) is 0 Å². The van der Waals surface area contributed by atoms with Gasteiger partial charge in [0, 0.05) is 29.8 Å². The Balaban J connectivity index is 2.17. The lowest BCUT2D eigenvalue weighted by molar-refractivity contribution is -0.384. The van der Waals surface area contributed by atoms with Gasteiger partial charge in [-0.2, -0.15) is 0 Å². The van der Waals surface area contributed by atoms with Gasteiger partial charge < -0.3 is 4.90 Å². The molecule has 1 amide bonds. The van der Waals surface area contributed by atoms with Crippen molar-refractivity contribution < 1.29 is 9.72 Å². The van der Waals surface area contributed by atoms with Gasteiger partial charge in [-0.1, -0.05) is 23.7 Å². The number of non-ortho nitro benzene ring substituents is 1. The Morgan fingerprint density at radius 3 is 2.18 bits per heavy atom. The van der Waals surface area contributed by atoms with Crippen molar-refractivity contribution in [1.82, 2.24) is 4.90 Å². The molecule has 0 aliphatic rings. The van der Waals surface area contributed by atoms with Gasteiger partial charge in [0.15, 0.2) is 0 Å². The summed E-state index contributed by atoms with van der Waals surface area (Å²) in [4.78, 5) is 24.2. The standard InChI is InChI=1S/C16H15ClN2O3/c1-11(12-3-7-14(17)8-4-12)18(2)16(20)13-5-9-15(10-6-13)19(21)22/h3-11H,1-2H3/t11-/m1/s1. The molecular formula is C16H15ClN2O3. The third-order valence-corrected chi connectivity index (χ3v) is 3.83. The zero-order valence-corrected chi connectivity index (χ0v) is 12.9. The van der Waals surface area contributed by atoms with E-state index in [4.69, 9.17) is 11.6 Å². The molecule has 0 aliphatic carbocycles. The molecule has 0 unspecified atom stereocenters. The van der Waals surface area contributed by atoms with Crippen LogP contribution in [0.3, 0.4) is 0 Å². The highest BCUT2D eigenvalue weighted by molar-refractivity contribution is 6.30. The topological polar surface area (TPSA) is 63.5 Å². The molecule has 2 aromatic carbocycles. The number of carbonyl (C=O) groups is 1. The van der Waals surface area contributed by atoms with Crippen LogP contribution in [0.2, 0.25) is 5.02 Å². The predicted octanol–water partition coefficient (Wildman–Crippen LogP) is 4.08. The third-order valence-electron chi connectivity index (χ3n) is 3.58. The summed E-state index contributed by atoms with van der Waals surface area (Å²) in [5, 5.41) is 11.3. The minimum absolute atomic E-state index is 0.0371. The van der Waals surface area contributed by atoms with Gasteiger partial charge in [0.25, 0.3) is 11.6 Å². The van der Waals surface area contributed by atoms with Crippen molar-refractivity contribution in [2.45, 2.75) is 13.0 Å². The molecule has 22 heavy (non-hydrogen) atoms. The van der Waals surface area contributed by atoms with Crippen LogP contribution < -0.4 is 0 Å². The van der Waals surface area contributed by atoms with E-state index in [1.54, 1.807) is 24.1 Å². The van der Waals surface area contributed by atoms with E-state index in [-0.39, 0.29) is 17.6 Å². The van der Waals surface area contributed by atoms with E-state index in [1.165, 1.54) is 24.3 Å². The lowest BCUT2D eigenvalue weighted by Gasteiger charge is -2.25. The first-order chi connectivity index (χ1) is 10.4. The van der Waals surface area contributed by atoms with Gasteiger partial charge in [-0.25, -0.2) is 0 Å². The number of nitrogens with zero attached hydrogens (tertiary/aromatic N) is 2. The number of benzene rings is 2. The second-order valence-corrected chi connectivity index (χ2v) is 5.38. The van der Waals surface area contributed by atoms with Crippen molar-refractivity contribution in [3.05, 3.63) is 74.8 Å². The van der Waals surface area contributed by atoms with Crippen LogP contribution in [0, 0.1) is 10.1 Å². The van der Waals surface area contributed by atoms with Crippen LogP contribution in [0.4, 0.5) is 5.69 Å². The van der Waals surface area contributed by atoms with E-state index in [0.717, 1.165) is 5.56 Å². The van der Waals surface area contributed by atoms with Crippen molar-refractivity contribution in [3.63, 3.8) is 0 Å². The first-order valence-corrected chi connectivity index (χ1v) is 7.05. The smallest absolute Gasteiger partial charge is 0.269 e. The maximum absolute atomic E-state index is 12.4. The van der Waals surface area contributed by atoms with Crippen LogP contribution in [0.15, 0.2) is 48.5 Å². The third kappa shape index (κ3) is 3.43. The number of rotatable bonds is 4. The number of hydrogen-bond donors (Lipinski definition) is 0. The van der Waals surface area contributed by atoms with Gasteiger partial charge in [-0.05, 0) is 36.8 Å². The number of nitro groups is 1. The van der Waals surface area contributed by atoms with Crippen LogP contribution in [0.5, 0.6) is 0 Å². The first kappa shape index (κ1) is 16.0. The van der Waals surface area contributed by atoms with E-state index < -0.39 is 4.92 Å². The highest BCUT2D eigenvalue weighted by Gasteiger charge is 2.19. The summed E-state index contributed by atoms with van der Waals surface area (Å²) in [7, 11) is 1.70. The van der Waals surface area contributed by atoms with E-state index in [9.17, 15) is 14.9 Å². The molecular weight excluding hydrogens is 304 g/mol. The van der Waals surface area contributed by atoms with Gasteiger partial charge >= 0.3 is 0 Å². The molecule has 0 fully saturated rings. The number of halogens is 1. The average Bonchev–Trinajstić information content (AvgIpc) is 2.53. The van der Waals surface area contributed by atoms with Crippen LogP contribution in [0.25, 0.3) is 0 Å². The fraction of sp³-hybridized carbons (Fsp3) is 0.188. The van der Waals surface area contributed by atoms with Crippen LogP contribution in [-0.4, -0.2) is 22.8 Å². The Morgan fingerprint density at radius 2 is 1.68 bits per heavy atom. The zero-order chi connectivity index (χ0) is 16.3. The lowest BCUT2D eigenvalue weighted by Crippen LogP contribution is -2.29. The second kappa shape index (κ2) is 6.58. The summed E-state index contributed by atoms with van der Waals surface area (Å²) in [6.45, 7) is 1.91. The van der Waals surface area contributed by atoms with Crippen molar-refractivity contribution in [1.29, 1.82) is 0 Å². The highest BCUT2D eigenvalue weighted by Crippen LogP contribution is 2.23. The number of carbonyl (C=O) groups excluding carboxylic acids is 1. The average molecular weight is 319 g/mol. The molecule has 6 heteroatoms. The minimum atomic E-state index is -0.492. The maximum Gasteiger partial charge on any atom is 0.269 e. The molecule has 2 aromatic rings. The molecule has 5 nitrogen and oxygen atoms in total. The Bertz CT molecular complexity index is 684. The molecule has 0 bridgehead atoms. The van der Waals surface area contributed by atoms with Gasteiger partial charge in [0.1, 0.15) is 0 Å². The molecule has 1 atom stereocenters. The van der Waals surface area contributed by atoms with Crippen LogP contribution >= 0.6 is 11.6 Å². The SMILES string of the molecule is C[C@H](c1ccc(Cl)cc1)N(C)C(=O)c1ccc([N+](=O)[O-])cc1. The summed E-state index contributed by atoms with van der Waals surface area (Å²) in [6.07, 6.45) is 0. The summed E-state index contributed by atoms with van der Waals surface area (Å²) in [5.74, 6) is -0.197. The molecule has 0 spiro atoms. The largest absolute Gasteiger partial charge is 0.335 e. The second-order valence-electron chi connectivity index (χ2n) is 4.95. The minimum Gasteiger partial charge on any atom is -0.335 e. The number of nitro benzene ring substituents is 1. The van der Waals surface area contributed by atoms with Gasteiger partial charge in [0.2, 0.25) is 0 Å². The fourth-order valence-corrected chi connectivity index (χ4v) is 2.20. The Morgan fingerprint density at radius 1 is 1.14 bits per heavy atom. The molecule has 0 saturated heterocycles. The molecule has 0 aromatic heterocycles. The van der Waals surface area contributed by atoms with E-state index in [2.05, 4.69) is 0 Å². The highest BCUT2D eigenvalue weighted by atomic mass is 35.5. The molecule has 0 radical (unpaired) electrons. The normalized spacial score (nSPS) is 11.8. The van der Waals surface area contributed by atoms with Crippen molar-refractivity contribution in [2.24, 2.45) is 0 Å². The molecule has 0 heterocycles. The summed E-state index contributed by atoms with van der Waals surface area (Å²) in [6, 6.07) is 12.7. The monoisotopic (exact) mass is 318 g/mol. The van der Waals surface area contributed by atoms with Gasteiger partial charge in [-0.15, -0.1) is 0 Å². The quantitative estimate of drug-likeness (QED) is 0.630. The molecule has 2 rings (SSSR count). The van der Waals surface area contributed by atoms with Crippen molar-refractivity contribution in [2.75, 3.05) is 7.05 Å². The van der Waals surface area contributed by atoms with Gasteiger partial charge in [0.05, 0.1) is 11.0 Å². The van der Waals surface area contributed by atoms with E-state index >= 15 is 0 Å². The van der Waals surface area contributed by atoms with Crippen LogP contribution in [0.1, 0.15) is 28.9 Å². The Hall–Kier alpha value is -2.40. The first-order valence-electron chi connectivity index (χ1n) is 6.67. The maximum atomic E-state index is 12.4. The number of hydrogen-bond acceptors (Lipinski definition) is 3. The van der Waals surface area contributed by atoms with Crippen molar-refractivity contribution >= 4 is 23.2 Å². The fourth-order valence-electron chi connectivity index (χ4n) is 2.07. The van der Waals surface area contributed by atoms with Crippen LogP contribution in [-0.2, 0) is 0 Å². The summed E-state index contributed by atoms with van der Waals surface area (Å²) in [5.41, 5.74) is 1.33. The molecule has 0 aliphatic heterocycles. The molecule has 114 valence electrons. The predicted molar refractivity (Wildman–Crippen MR) is 85.1 cm³/mol. The van der Waals surface area contributed by atoms with E-state index in [0.29, 0.717) is 10.6 Å². The molecule has 0 N–H and O–H groups in total. The van der Waals surface area contributed by atoms with E-state index in [1.807, 2.05) is 19.1 Å². The van der Waals surface area contributed by atoms with Gasteiger partial charge in [-0.3, -0.25) is 14.9 Å². The Kier molecular flexibility index (Phi) is 4.78. The summed E-state index contributed by atoms with van der Waals surface area (Å²) >= 11 is 5.86.